The van der Waals surface area contributed by atoms with Crippen molar-refractivity contribution in [2.75, 3.05) is 13.1 Å². The molecular formula is C20H22N2O6. The molecule has 2 unspecified atom stereocenters. The average Bonchev–Trinajstić information content (AvgIpc) is 3.16. The number of carbonyl (C=O) groups is 5. The summed E-state index contributed by atoms with van der Waals surface area (Å²) in [6, 6.07) is 5.46. The first-order valence-corrected chi connectivity index (χ1v) is 9.36. The number of fused-ring (bicyclic) bond motifs is 1. The van der Waals surface area contributed by atoms with E-state index in [4.69, 9.17) is 0 Å². The van der Waals surface area contributed by atoms with Gasteiger partial charge in [0.25, 0.3) is 5.91 Å². The molecule has 0 radical (unpaired) electrons. The lowest BCUT2D eigenvalue weighted by atomic mass is 9.84. The molecule has 0 spiro atoms. The van der Waals surface area contributed by atoms with Crippen LogP contribution in [0.15, 0.2) is 24.3 Å². The van der Waals surface area contributed by atoms with Crippen LogP contribution in [0.25, 0.3) is 0 Å². The maximum Gasteiger partial charge on any atom is 0.326 e. The van der Waals surface area contributed by atoms with Crippen molar-refractivity contribution in [2.24, 2.45) is 0 Å². The summed E-state index contributed by atoms with van der Waals surface area (Å²) in [6.07, 6.45) is 1.63. The fourth-order valence-corrected chi connectivity index (χ4v) is 3.88. The van der Waals surface area contributed by atoms with Gasteiger partial charge < -0.3 is 10.0 Å². The average molecular weight is 386 g/mol. The molecule has 8 nitrogen and oxygen atoms in total. The van der Waals surface area contributed by atoms with Crippen molar-refractivity contribution in [3.8, 4) is 0 Å². The summed E-state index contributed by atoms with van der Waals surface area (Å²) in [6.45, 7) is 1.52. The summed E-state index contributed by atoms with van der Waals surface area (Å²) in [7, 11) is 0. The standard InChI is InChI=1S/C20H22N2O6/c1-2-6-15(23)17-12-7-3-4-8-13(12)18(25)22(19(17)26)11-16(24)21-10-5-9-14(21)20(27)28/h3-4,7-8,14,17H,2,5-6,9-11H2,1H3,(H,27,28). The number of hydrogen-bond acceptors (Lipinski definition) is 5. The van der Waals surface area contributed by atoms with Gasteiger partial charge in [-0.1, -0.05) is 25.1 Å². The van der Waals surface area contributed by atoms with Crippen LogP contribution in [0.5, 0.6) is 0 Å². The van der Waals surface area contributed by atoms with Crippen LogP contribution in [0.3, 0.4) is 0 Å². The highest BCUT2D eigenvalue weighted by atomic mass is 16.4. The van der Waals surface area contributed by atoms with Gasteiger partial charge in [0.15, 0.2) is 0 Å². The Hall–Kier alpha value is -3.03. The van der Waals surface area contributed by atoms with Crippen LogP contribution in [0, 0.1) is 0 Å². The quantitative estimate of drug-likeness (QED) is 0.581. The van der Waals surface area contributed by atoms with E-state index in [1.54, 1.807) is 18.2 Å². The van der Waals surface area contributed by atoms with E-state index in [0.717, 1.165) is 4.90 Å². The predicted octanol–water partition coefficient (Wildman–Crippen LogP) is 1.20. The van der Waals surface area contributed by atoms with Crippen LogP contribution in [-0.2, 0) is 19.2 Å². The molecule has 3 rings (SSSR count). The SMILES string of the molecule is CCCC(=O)C1C(=O)N(CC(=O)N2CCCC2C(=O)O)C(=O)c2ccccc21. The molecule has 0 bridgehead atoms. The van der Waals surface area contributed by atoms with Crippen molar-refractivity contribution in [3.05, 3.63) is 35.4 Å². The normalized spacial score (nSPS) is 21.6. The number of carboxylic acid groups (broad SMARTS) is 1. The zero-order valence-electron chi connectivity index (χ0n) is 15.6. The molecule has 8 heteroatoms. The Morgan fingerprint density at radius 2 is 1.89 bits per heavy atom. The van der Waals surface area contributed by atoms with Crippen LogP contribution in [0.1, 0.15) is 54.4 Å². The maximum atomic E-state index is 13.0. The molecule has 0 saturated carbocycles. The molecular weight excluding hydrogens is 364 g/mol. The number of ketones is 1. The molecule has 2 aliphatic heterocycles. The molecule has 28 heavy (non-hydrogen) atoms. The number of hydrogen-bond donors (Lipinski definition) is 1. The number of likely N-dealkylation sites (tertiary alicyclic amines) is 1. The zero-order chi connectivity index (χ0) is 20.4. The number of carbonyl (C=O) groups excluding carboxylic acids is 4. The minimum absolute atomic E-state index is 0.188. The lowest BCUT2D eigenvalue weighted by Gasteiger charge is -2.33. The van der Waals surface area contributed by atoms with Gasteiger partial charge in [0.1, 0.15) is 24.3 Å². The third kappa shape index (κ3) is 3.42. The summed E-state index contributed by atoms with van der Waals surface area (Å²) >= 11 is 0. The van der Waals surface area contributed by atoms with Gasteiger partial charge in [-0.15, -0.1) is 0 Å². The predicted molar refractivity (Wildman–Crippen MR) is 97.5 cm³/mol. The number of rotatable bonds is 6. The van der Waals surface area contributed by atoms with Gasteiger partial charge in [-0.05, 0) is 30.9 Å². The van der Waals surface area contributed by atoms with Crippen molar-refractivity contribution in [1.29, 1.82) is 0 Å². The first kappa shape index (κ1) is 19.7. The molecule has 3 amide bonds. The van der Waals surface area contributed by atoms with E-state index in [1.807, 2.05) is 6.92 Å². The van der Waals surface area contributed by atoms with E-state index in [0.29, 0.717) is 24.8 Å². The first-order valence-electron chi connectivity index (χ1n) is 9.36. The van der Waals surface area contributed by atoms with Gasteiger partial charge in [-0.2, -0.15) is 0 Å². The molecule has 1 fully saturated rings. The summed E-state index contributed by atoms with van der Waals surface area (Å²) in [5.74, 6) is -4.48. The number of aliphatic carboxylic acids is 1. The largest absolute Gasteiger partial charge is 0.480 e. The fraction of sp³-hybridized carbons (Fsp3) is 0.450. The number of imide groups is 1. The molecule has 1 N–H and O–H groups in total. The van der Waals surface area contributed by atoms with E-state index < -0.39 is 42.2 Å². The highest BCUT2D eigenvalue weighted by Gasteiger charge is 2.44. The minimum atomic E-state index is -1.12. The molecule has 1 saturated heterocycles. The lowest BCUT2D eigenvalue weighted by molar-refractivity contribution is -0.149. The Labute approximate surface area is 162 Å². The number of Topliss-reactive ketones (excluding diaryl/α,β-unsaturated/α-hetero) is 1. The van der Waals surface area contributed by atoms with E-state index >= 15 is 0 Å². The van der Waals surface area contributed by atoms with E-state index in [2.05, 4.69) is 0 Å². The second-order valence-corrected chi connectivity index (χ2v) is 7.05. The highest BCUT2D eigenvalue weighted by molar-refractivity contribution is 6.20. The van der Waals surface area contributed by atoms with Crippen LogP contribution in [0.2, 0.25) is 0 Å². The molecule has 2 aliphatic rings. The van der Waals surface area contributed by atoms with Crippen molar-refractivity contribution < 1.29 is 29.1 Å². The molecule has 0 aliphatic carbocycles. The van der Waals surface area contributed by atoms with Crippen LogP contribution >= 0.6 is 0 Å². The van der Waals surface area contributed by atoms with Crippen molar-refractivity contribution in [2.45, 2.75) is 44.6 Å². The summed E-state index contributed by atoms with van der Waals surface area (Å²) in [5.41, 5.74) is 0.588. The van der Waals surface area contributed by atoms with Crippen molar-refractivity contribution in [1.82, 2.24) is 9.80 Å². The number of amides is 3. The topological polar surface area (TPSA) is 112 Å². The van der Waals surface area contributed by atoms with Gasteiger partial charge in [0.2, 0.25) is 11.8 Å². The molecule has 2 atom stereocenters. The summed E-state index contributed by atoms with van der Waals surface area (Å²) in [5, 5.41) is 9.26. The zero-order valence-corrected chi connectivity index (χ0v) is 15.6. The van der Waals surface area contributed by atoms with Gasteiger partial charge in [-0.3, -0.25) is 24.1 Å². The Morgan fingerprint density at radius 1 is 1.18 bits per heavy atom. The van der Waals surface area contributed by atoms with Crippen LogP contribution in [0.4, 0.5) is 0 Å². The fourth-order valence-electron chi connectivity index (χ4n) is 3.88. The Balaban J connectivity index is 1.90. The Bertz CT molecular complexity index is 849. The third-order valence-corrected chi connectivity index (χ3v) is 5.23. The first-order chi connectivity index (χ1) is 13.4. The molecule has 2 heterocycles. The molecule has 1 aromatic carbocycles. The number of benzene rings is 1. The summed E-state index contributed by atoms with van der Waals surface area (Å²) < 4.78 is 0. The van der Waals surface area contributed by atoms with Gasteiger partial charge >= 0.3 is 5.97 Å². The van der Waals surface area contributed by atoms with Crippen LogP contribution < -0.4 is 0 Å². The Morgan fingerprint density at radius 3 is 2.57 bits per heavy atom. The smallest absolute Gasteiger partial charge is 0.326 e. The van der Waals surface area contributed by atoms with E-state index in [-0.39, 0.29) is 24.3 Å². The Kier molecular flexibility index (Phi) is 5.58. The van der Waals surface area contributed by atoms with Crippen LogP contribution in [-0.4, -0.2) is 63.5 Å². The molecule has 148 valence electrons. The van der Waals surface area contributed by atoms with Crippen molar-refractivity contribution >= 4 is 29.5 Å². The van der Waals surface area contributed by atoms with Gasteiger partial charge in [0.05, 0.1) is 0 Å². The summed E-state index contributed by atoms with van der Waals surface area (Å²) in [4.78, 5) is 64.4. The third-order valence-electron chi connectivity index (χ3n) is 5.23. The highest BCUT2D eigenvalue weighted by Crippen LogP contribution is 2.31. The second-order valence-electron chi connectivity index (χ2n) is 7.05. The minimum Gasteiger partial charge on any atom is -0.480 e. The molecule has 0 aromatic heterocycles. The van der Waals surface area contributed by atoms with Gasteiger partial charge in [-0.25, -0.2) is 4.79 Å². The van der Waals surface area contributed by atoms with E-state index in [1.165, 1.54) is 11.0 Å². The van der Waals surface area contributed by atoms with Crippen molar-refractivity contribution in [3.63, 3.8) is 0 Å². The molecule has 1 aromatic rings. The maximum absolute atomic E-state index is 13.0. The monoisotopic (exact) mass is 386 g/mol. The second kappa shape index (κ2) is 7.92. The lowest BCUT2D eigenvalue weighted by Crippen LogP contribution is -2.52. The number of carboxylic acids is 1. The number of nitrogens with zero attached hydrogens (tertiary/aromatic N) is 2. The van der Waals surface area contributed by atoms with Gasteiger partial charge in [0, 0.05) is 18.5 Å². The van der Waals surface area contributed by atoms with E-state index in [9.17, 15) is 29.1 Å².